The Hall–Kier alpha value is -6.04. The maximum atomic E-state index is 9.33. The molecule has 0 aromatic heterocycles. The summed E-state index contributed by atoms with van der Waals surface area (Å²) in [6.07, 6.45) is 40.8. The number of hydrogen-bond acceptors (Lipinski definition) is 3. The summed E-state index contributed by atoms with van der Waals surface area (Å²) in [6, 6.07) is 25.0. The lowest BCUT2D eigenvalue weighted by atomic mass is 9.64. The number of fused-ring (bicyclic) bond motifs is 9. The summed E-state index contributed by atoms with van der Waals surface area (Å²) in [5.74, 6) is 1.14. The van der Waals surface area contributed by atoms with Crippen molar-refractivity contribution in [2.24, 2.45) is 15.9 Å². The molecule has 0 radical (unpaired) electrons. The van der Waals surface area contributed by atoms with Crippen molar-refractivity contribution in [2.75, 3.05) is 6.54 Å². The van der Waals surface area contributed by atoms with Crippen LogP contribution in [0.15, 0.2) is 210 Å². The average molecular weight is 797 g/mol. The van der Waals surface area contributed by atoms with Gasteiger partial charge in [0.25, 0.3) is 0 Å². The Labute approximate surface area is 358 Å². The number of nitrogens with zero attached hydrogens (tertiary/aromatic N) is 2. The molecule has 4 nitrogen and oxygen atoms in total. The molecule has 2 aliphatic heterocycles. The van der Waals surface area contributed by atoms with Crippen molar-refractivity contribution in [1.82, 2.24) is 5.32 Å². The highest BCUT2D eigenvalue weighted by Crippen LogP contribution is 2.64. The predicted molar refractivity (Wildman–Crippen MR) is 251 cm³/mol. The second-order valence-electron chi connectivity index (χ2n) is 16.8. The second-order valence-corrected chi connectivity index (χ2v) is 17.9. The third kappa shape index (κ3) is 6.33. The molecule has 5 heteroatoms. The summed E-state index contributed by atoms with van der Waals surface area (Å²) < 4.78 is 0. The molecule has 0 bridgehead atoms. The van der Waals surface area contributed by atoms with Crippen LogP contribution in [0.4, 0.5) is 0 Å². The van der Waals surface area contributed by atoms with Gasteiger partial charge in [-0.3, -0.25) is 5.41 Å². The first-order valence-electron chi connectivity index (χ1n) is 21.8. The van der Waals surface area contributed by atoms with E-state index < -0.39 is 5.41 Å². The van der Waals surface area contributed by atoms with Gasteiger partial charge in [0.1, 0.15) is 5.84 Å². The summed E-state index contributed by atoms with van der Waals surface area (Å²) in [5, 5.41) is 13.1. The van der Waals surface area contributed by atoms with Gasteiger partial charge in [0.05, 0.1) is 5.41 Å². The largest absolute Gasteiger partial charge is 0.381 e. The Morgan fingerprint density at radius 3 is 2.40 bits per heavy atom. The number of benzene rings is 3. The van der Waals surface area contributed by atoms with Gasteiger partial charge in [0.2, 0.25) is 0 Å². The molecular formula is C55H48N4S. The van der Waals surface area contributed by atoms with Gasteiger partial charge < -0.3 is 5.32 Å². The molecule has 3 aromatic carbocycles. The molecule has 1 unspecified atom stereocenters. The van der Waals surface area contributed by atoms with Crippen LogP contribution in [0.25, 0.3) is 11.1 Å². The van der Waals surface area contributed by atoms with Gasteiger partial charge in [-0.25, -0.2) is 9.98 Å². The zero-order chi connectivity index (χ0) is 40.0. The number of hydrogen-bond donors (Lipinski definition) is 2. The number of rotatable bonds is 5. The van der Waals surface area contributed by atoms with E-state index in [-0.39, 0.29) is 11.8 Å². The van der Waals surface area contributed by atoms with E-state index >= 15 is 0 Å². The molecule has 0 fully saturated rings. The lowest BCUT2D eigenvalue weighted by molar-refractivity contribution is 0.671. The third-order valence-electron chi connectivity index (χ3n) is 13.4. The molecule has 0 saturated carbocycles. The zero-order valence-electron chi connectivity index (χ0n) is 33.9. The van der Waals surface area contributed by atoms with Crippen LogP contribution in [-0.2, 0) is 5.41 Å². The van der Waals surface area contributed by atoms with Gasteiger partial charge in [0.15, 0.2) is 5.84 Å². The van der Waals surface area contributed by atoms with Gasteiger partial charge >= 0.3 is 0 Å². The molecule has 60 heavy (non-hydrogen) atoms. The Morgan fingerprint density at radius 2 is 1.62 bits per heavy atom. The summed E-state index contributed by atoms with van der Waals surface area (Å²) in [4.78, 5) is 12.7. The van der Waals surface area contributed by atoms with Gasteiger partial charge in [0, 0.05) is 39.7 Å². The number of nitrogens with one attached hydrogen (secondary N) is 2. The van der Waals surface area contributed by atoms with Gasteiger partial charge in [-0.15, -0.1) is 0 Å². The molecule has 2 heterocycles. The van der Waals surface area contributed by atoms with Gasteiger partial charge in [-0.05, 0) is 131 Å². The minimum atomic E-state index is -0.453. The Balaban J connectivity index is 1.04. The quantitative estimate of drug-likeness (QED) is 0.200. The van der Waals surface area contributed by atoms with Crippen molar-refractivity contribution in [3.05, 3.63) is 218 Å². The summed E-state index contributed by atoms with van der Waals surface area (Å²) in [5.41, 5.74) is 17.5. The molecule has 294 valence electrons. The maximum Gasteiger partial charge on any atom is 0.161 e. The first-order valence-corrected chi connectivity index (χ1v) is 22.6. The molecule has 2 N–H and O–H groups in total. The minimum Gasteiger partial charge on any atom is -0.381 e. The molecule has 8 aliphatic rings. The fourth-order valence-electron chi connectivity index (χ4n) is 10.5. The van der Waals surface area contributed by atoms with E-state index in [9.17, 15) is 5.41 Å². The van der Waals surface area contributed by atoms with Crippen molar-refractivity contribution in [1.29, 1.82) is 5.41 Å². The average Bonchev–Trinajstić information content (AvgIpc) is 3.61. The van der Waals surface area contributed by atoms with E-state index in [4.69, 9.17) is 9.98 Å². The Kier molecular flexibility index (Phi) is 9.57. The summed E-state index contributed by atoms with van der Waals surface area (Å²) >= 11 is 1.89. The third-order valence-corrected chi connectivity index (χ3v) is 14.5. The lowest BCUT2D eigenvalue weighted by Gasteiger charge is -2.43. The van der Waals surface area contributed by atoms with Gasteiger partial charge in [-0.2, -0.15) is 0 Å². The van der Waals surface area contributed by atoms with Crippen molar-refractivity contribution >= 4 is 29.6 Å². The van der Waals surface area contributed by atoms with Crippen molar-refractivity contribution in [3.8, 4) is 11.1 Å². The number of allylic oxidation sites excluding steroid dienone is 18. The van der Waals surface area contributed by atoms with Crippen molar-refractivity contribution in [2.45, 2.75) is 68.1 Å². The highest BCUT2D eigenvalue weighted by molar-refractivity contribution is 8.03. The van der Waals surface area contributed by atoms with Gasteiger partial charge in [-0.1, -0.05) is 151 Å². The van der Waals surface area contributed by atoms with Crippen LogP contribution < -0.4 is 5.32 Å². The molecule has 1 atom stereocenters. The SMILES string of the molecule is N=C(N=C(N=CC1=CCCC=C1)c1ccc2c(c1)SC1=CC(C3=CCCC4=C3NCC=C4)CC=C1C21c2ccccc2-c2ccccc21)C1=CC=C(C2=CC=CCC2)CC1. The van der Waals surface area contributed by atoms with E-state index in [1.807, 2.05) is 18.0 Å². The monoisotopic (exact) mass is 796 g/mol. The number of aliphatic imine (C=N–C) groups is 2. The van der Waals surface area contributed by atoms with E-state index in [1.165, 1.54) is 71.2 Å². The van der Waals surface area contributed by atoms with Crippen LogP contribution in [-0.4, -0.2) is 24.4 Å². The Bertz CT molecular complexity index is 2740. The maximum absolute atomic E-state index is 9.33. The molecule has 6 aliphatic carbocycles. The van der Waals surface area contributed by atoms with Crippen LogP contribution in [0.2, 0.25) is 0 Å². The van der Waals surface area contributed by atoms with Crippen LogP contribution in [0.3, 0.4) is 0 Å². The molecule has 3 aromatic rings. The van der Waals surface area contributed by atoms with Crippen molar-refractivity contribution in [3.63, 3.8) is 0 Å². The predicted octanol–water partition coefficient (Wildman–Crippen LogP) is 13.1. The first-order chi connectivity index (χ1) is 29.6. The second kappa shape index (κ2) is 15.5. The molecule has 1 spiro atoms. The highest BCUT2D eigenvalue weighted by Gasteiger charge is 2.52. The van der Waals surface area contributed by atoms with E-state index in [2.05, 4.69) is 151 Å². The summed E-state index contributed by atoms with van der Waals surface area (Å²) in [7, 11) is 0. The molecule has 0 saturated heterocycles. The Morgan fingerprint density at radius 1 is 0.767 bits per heavy atom. The fraction of sp³-hybridized carbons (Fsp3) is 0.218. The van der Waals surface area contributed by atoms with Crippen LogP contribution >= 0.6 is 11.8 Å². The summed E-state index contributed by atoms with van der Waals surface area (Å²) in [6.45, 7) is 0.880. The standard InChI is InChI=1S/C55H48N4S/c56-53(40-26-24-38(25-27-40)37-15-5-2-6-16-37)59-54(58-35-36-13-3-1-4-14-36)42-29-31-49-51(34-42)60-50-33-41(43-21-11-17-39-18-12-32-57-52(39)43)28-30-48(50)55(49)46-22-9-7-19-44(46)45-20-8-10-23-47(45)55/h2-3,5,7-10,12-15,18-24,26,29-31,33-35,41,56-57H,1,4,6,11,16-17,25,27-28,32H2. The number of thioether (sulfide) groups is 1. The molecular weight excluding hydrogens is 749 g/mol. The molecule has 11 rings (SSSR count). The minimum absolute atomic E-state index is 0.285. The van der Waals surface area contributed by atoms with Crippen LogP contribution in [0, 0.1) is 11.3 Å². The smallest absolute Gasteiger partial charge is 0.161 e. The number of amidine groups is 2. The van der Waals surface area contributed by atoms with E-state index in [0.717, 1.165) is 81.0 Å². The van der Waals surface area contributed by atoms with Crippen LogP contribution in [0.1, 0.15) is 80.0 Å². The van der Waals surface area contributed by atoms with Crippen LogP contribution in [0.5, 0.6) is 0 Å². The van der Waals surface area contributed by atoms with E-state index in [0.29, 0.717) is 5.84 Å². The topological polar surface area (TPSA) is 60.6 Å². The first kappa shape index (κ1) is 37.0. The van der Waals surface area contributed by atoms with Crippen molar-refractivity contribution < 1.29 is 0 Å². The zero-order valence-corrected chi connectivity index (χ0v) is 34.7. The number of dihydropyridines is 1. The van der Waals surface area contributed by atoms with E-state index in [1.54, 1.807) is 0 Å². The fourth-order valence-corrected chi connectivity index (χ4v) is 11.9. The normalized spacial score (nSPS) is 22.2. The highest BCUT2D eigenvalue weighted by atomic mass is 32.2. The lowest BCUT2D eigenvalue weighted by Crippen LogP contribution is -2.35. The molecule has 0 amide bonds.